The quantitative estimate of drug-likeness (QED) is 0.207. The minimum atomic E-state index is -0.282. The molecule has 0 bridgehead atoms. The van der Waals surface area contributed by atoms with Crippen molar-refractivity contribution in [1.82, 2.24) is 0 Å². The highest BCUT2D eigenvalue weighted by Crippen LogP contribution is 2.28. The van der Waals surface area contributed by atoms with Gasteiger partial charge in [-0.15, -0.1) is 0 Å². The average molecular weight is 484 g/mol. The Kier molecular flexibility index (Phi) is 7.90. The topological polar surface area (TPSA) is 139 Å². The summed E-state index contributed by atoms with van der Waals surface area (Å²) in [5.74, 6) is 0.658. The highest BCUT2D eigenvalue weighted by atomic mass is 16.3. The van der Waals surface area contributed by atoms with Crippen molar-refractivity contribution < 1.29 is 15.3 Å². The Hall–Kier alpha value is -3.84. The summed E-state index contributed by atoms with van der Waals surface area (Å²) < 4.78 is 0. The molecule has 4 rings (SSSR count). The Morgan fingerprint density at radius 3 is 0.861 bits per heavy atom. The van der Waals surface area contributed by atoms with Gasteiger partial charge in [-0.05, 0) is 89.0 Å². The number of benzene rings is 4. The fourth-order valence-corrected chi connectivity index (χ4v) is 4.36. The number of aromatic hydroxyl groups is 3. The Labute approximate surface area is 211 Å². The van der Waals surface area contributed by atoms with Gasteiger partial charge in [-0.2, -0.15) is 0 Å². The average Bonchev–Trinajstić information content (AvgIpc) is 2.87. The van der Waals surface area contributed by atoms with E-state index in [-0.39, 0.29) is 35.4 Å². The molecule has 4 aromatic carbocycles. The lowest BCUT2D eigenvalue weighted by Gasteiger charge is -2.22. The van der Waals surface area contributed by atoms with Gasteiger partial charge in [0.2, 0.25) is 0 Å². The summed E-state index contributed by atoms with van der Waals surface area (Å²) in [5, 5.41) is 28.8. The Morgan fingerprint density at radius 1 is 0.417 bits per heavy atom. The molecule has 0 aliphatic rings. The van der Waals surface area contributed by atoms with E-state index in [9.17, 15) is 15.3 Å². The van der Waals surface area contributed by atoms with Crippen LogP contribution in [0.1, 0.15) is 51.5 Å². The van der Waals surface area contributed by atoms with Gasteiger partial charge in [-0.3, -0.25) is 0 Å². The van der Waals surface area contributed by atoms with Crippen molar-refractivity contribution in [2.75, 3.05) is 0 Å². The predicted octanol–water partition coefficient (Wildman–Crippen LogP) is 4.53. The van der Waals surface area contributed by atoms with E-state index in [4.69, 9.17) is 17.2 Å². The number of hydrogen-bond acceptors (Lipinski definition) is 6. The van der Waals surface area contributed by atoms with Crippen LogP contribution in [0.25, 0.3) is 0 Å². The van der Waals surface area contributed by atoms with Gasteiger partial charge in [0.15, 0.2) is 0 Å². The maximum atomic E-state index is 9.59. The third-order valence-corrected chi connectivity index (χ3v) is 6.46. The molecule has 0 aliphatic heterocycles. The van der Waals surface area contributed by atoms with Gasteiger partial charge < -0.3 is 32.5 Å². The molecule has 9 N–H and O–H groups in total. The fourth-order valence-electron chi connectivity index (χ4n) is 4.36. The molecule has 0 fully saturated rings. The number of rotatable bonds is 9. The van der Waals surface area contributed by atoms with Gasteiger partial charge >= 0.3 is 0 Å². The Balaban J connectivity index is 1.62. The monoisotopic (exact) mass is 483 g/mol. The van der Waals surface area contributed by atoms with Crippen molar-refractivity contribution in [2.45, 2.75) is 37.4 Å². The van der Waals surface area contributed by atoms with Gasteiger partial charge in [0.1, 0.15) is 17.2 Å². The van der Waals surface area contributed by atoms with Crippen molar-refractivity contribution in [3.8, 4) is 17.2 Å². The predicted molar refractivity (Wildman–Crippen MR) is 143 cm³/mol. The summed E-state index contributed by atoms with van der Waals surface area (Å²) in [6, 6.07) is 26.5. The van der Waals surface area contributed by atoms with Crippen LogP contribution in [-0.4, -0.2) is 15.3 Å². The van der Waals surface area contributed by atoms with Crippen molar-refractivity contribution in [3.63, 3.8) is 0 Å². The van der Waals surface area contributed by atoms with Gasteiger partial charge in [-0.1, -0.05) is 54.6 Å². The first-order chi connectivity index (χ1) is 17.3. The van der Waals surface area contributed by atoms with E-state index in [0.717, 1.165) is 33.4 Å². The van der Waals surface area contributed by atoms with Gasteiger partial charge in [0.05, 0.1) is 0 Å². The molecule has 3 atom stereocenters. The number of phenols is 3. The summed E-state index contributed by atoms with van der Waals surface area (Å²) in [4.78, 5) is 0. The lowest BCUT2D eigenvalue weighted by molar-refractivity contribution is 0.474. The highest BCUT2D eigenvalue weighted by Gasteiger charge is 2.17. The molecule has 6 heteroatoms. The van der Waals surface area contributed by atoms with Crippen LogP contribution >= 0.6 is 0 Å². The second-order valence-corrected chi connectivity index (χ2v) is 9.36. The van der Waals surface area contributed by atoms with Crippen LogP contribution in [0.15, 0.2) is 91.0 Å². The smallest absolute Gasteiger partial charge is 0.115 e. The van der Waals surface area contributed by atoms with E-state index < -0.39 is 0 Å². The first kappa shape index (κ1) is 25.3. The van der Waals surface area contributed by atoms with E-state index in [0.29, 0.717) is 19.3 Å². The van der Waals surface area contributed by atoms with Gasteiger partial charge in [0.25, 0.3) is 0 Å². The summed E-state index contributed by atoms with van der Waals surface area (Å²) in [6.07, 6.45) is 1.80. The van der Waals surface area contributed by atoms with Gasteiger partial charge in [-0.25, -0.2) is 0 Å². The molecule has 0 heterocycles. The maximum Gasteiger partial charge on any atom is 0.115 e. The zero-order chi connectivity index (χ0) is 25.7. The zero-order valence-electron chi connectivity index (χ0n) is 20.1. The minimum Gasteiger partial charge on any atom is -0.508 e. The highest BCUT2D eigenvalue weighted by molar-refractivity contribution is 5.39. The molecule has 0 spiro atoms. The SMILES string of the molecule is N[C@@H](Cc1ccc(O)cc1)c1cc([C@@H](N)Cc2ccc(O)cc2)cc([C@@H](N)Cc2ccc(O)cc2)c1. The lowest BCUT2D eigenvalue weighted by Crippen LogP contribution is -2.20. The molecule has 4 aromatic rings. The normalized spacial score (nSPS) is 13.8. The van der Waals surface area contributed by atoms with E-state index in [1.807, 2.05) is 54.6 Å². The van der Waals surface area contributed by atoms with Crippen LogP contribution < -0.4 is 17.2 Å². The van der Waals surface area contributed by atoms with Crippen LogP contribution in [0.5, 0.6) is 17.2 Å². The molecule has 0 saturated carbocycles. The largest absolute Gasteiger partial charge is 0.508 e. The molecule has 0 radical (unpaired) electrons. The molecule has 186 valence electrons. The lowest BCUT2D eigenvalue weighted by atomic mass is 9.89. The standard InChI is InChI=1S/C30H33N3O3/c31-28(13-19-1-7-25(34)8-2-19)22-16-23(29(32)14-20-3-9-26(35)10-4-20)18-24(17-22)30(33)15-21-5-11-27(36)12-6-21/h1-12,16-18,28-30,34-36H,13-15,31-33H2/t28-,29-,30-/m0/s1. The van der Waals surface area contributed by atoms with Crippen molar-refractivity contribution in [1.29, 1.82) is 0 Å². The molecule has 0 aliphatic carbocycles. The summed E-state index contributed by atoms with van der Waals surface area (Å²) in [6.45, 7) is 0. The number of hydrogen-bond donors (Lipinski definition) is 6. The molecule has 36 heavy (non-hydrogen) atoms. The summed E-state index contributed by atoms with van der Waals surface area (Å²) in [5.41, 5.74) is 25.8. The molecule has 6 nitrogen and oxygen atoms in total. The molecular formula is C30H33N3O3. The molecule has 0 saturated heterocycles. The summed E-state index contributed by atoms with van der Waals surface area (Å²) >= 11 is 0. The van der Waals surface area contributed by atoms with Crippen LogP contribution in [0.4, 0.5) is 0 Å². The van der Waals surface area contributed by atoms with E-state index >= 15 is 0 Å². The second kappa shape index (κ2) is 11.3. The Bertz CT molecular complexity index is 1100. The van der Waals surface area contributed by atoms with E-state index in [1.54, 1.807) is 36.4 Å². The van der Waals surface area contributed by atoms with Crippen molar-refractivity contribution >= 4 is 0 Å². The number of nitrogens with two attached hydrogens (primary N) is 3. The summed E-state index contributed by atoms with van der Waals surface area (Å²) in [7, 11) is 0. The van der Waals surface area contributed by atoms with Crippen LogP contribution in [0, 0.1) is 0 Å². The molecule has 0 amide bonds. The Morgan fingerprint density at radius 2 is 0.639 bits per heavy atom. The van der Waals surface area contributed by atoms with E-state index in [1.165, 1.54) is 0 Å². The van der Waals surface area contributed by atoms with Crippen molar-refractivity contribution in [3.05, 3.63) is 124 Å². The fraction of sp³-hybridized carbons (Fsp3) is 0.200. The van der Waals surface area contributed by atoms with Gasteiger partial charge in [0, 0.05) is 18.1 Å². The third-order valence-electron chi connectivity index (χ3n) is 6.46. The minimum absolute atomic E-state index is 0.219. The first-order valence-corrected chi connectivity index (χ1v) is 12.0. The maximum absolute atomic E-state index is 9.59. The second-order valence-electron chi connectivity index (χ2n) is 9.36. The number of phenolic OH excluding ortho intramolecular Hbond substituents is 3. The first-order valence-electron chi connectivity index (χ1n) is 12.0. The van der Waals surface area contributed by atoms with E-state index in [2.05, 4.69) is 0 Å². The van der Waals surface area contributed by atoms with Crippen LogP contribution in [0.3, 0.4) is 0 Å². The van der Waals surface area contributed by atoms with Crippen LogP contribution in [-0.2, 0) is 19.3 Å². The molecular weight excluding hydrogens is 450 g/mol. The van der Waals surface area contributed by atoms with Crippen molar-refractivity contribution in [2.24, 2.45) is 17.2 Å². The third kappa shape index (κ3) is 6.64. The van der Waals surface area contributed by atoms with Crippen LogP contribution in [0.2, 0.25) is 0 Å². The zero-order valence-corrected chi connectivity index (χ0v) is 20.1. The molecule has 0 aromatic heterocycles. The molecule has 0 unspecified atom stereocenters.